The van der Waals surface area contributed by atoms with Crippen molar-refractivity contribution < 1.29 is 0 Å². The van der Waals surface area contributed by atoms with Crippen LogP contribution in [0.25, 0.3) is 60.1 Å². The molecule has 42 heavy (non-hydrogen) atoms. The third kappa shape index (κ3) is 5.02. The van der Waals surface area contributed by atoms with Crippen molar-refractivity contribution in [1.29, 1.82) is 5.41 Å². The molecule has 6 aromatic rings. The van der Waals surface area contributed by atoms with Gasteiger partial charge >= 0.3 is 0 Å². The van der Waals surface area contributed by atoms with Crippen LogP contribution in [0.1, 0.15) is 19.4 Å². The molecule has 0 saturated heterocycles. The number of rotatable bonds is 7. The van der Waals surface area contributed by atoms with Crippen LogP contribution in [0.2, 0.25) is 0 Å². The van der Waals surface area contributed by atoms with Gasteiger partial charge in [-0.1, -0.05) is 122 Å². The molecule has 0 heterocycles. The fourth-order valence-corrected chi connectivity index (χ4v) is 5.78. The highest BCUT2D eigenvalue weighted by Gasteiger charge is 2.16. The molecule has 0 spiro atoms. The minimum absolute atomic E-state index is 0.467. The van der Waals surface area contributed by atoms with Gasteiger partial charge in [-0.3, -0.25) is 0 Å². The largest absolute Gasteiger partial charge is 0.301 e. The molecular formula is C41H33N. The van der Waals surface area contributed by atoms with E-state index in [0.717, 1.165) is 27.7 Å². The van der Waals surface area contributed by atoms with Crippen LogP contribution in [0.5, 0.6) is 0 Å². The molecule has 0 aliphatic heterocycles. The van der Waals surface area contributed by atoms with Crippen LogP contribution < -0.4 is 0 Å². The third-order valence-corrected chi connectivity index (χ3v) is 8.00. The van der Waals surface area contributed by atoms with E-state index < -0.39 is 0 Å². The number of hydrogen-bond donors (Lipinski definition) is 1. The number of benzene rings is 6. The van der Waals surface area contributed by atoms with Crippen LogP contribution >= 0.6 is 0 Å². The SMILES string of the molecule is C=C/C(C)=C\C(=N)/C(C)=C/C(=C)c1ccc2ccc(-c3c4ccccc4c(-c4ccccc4)c4ccccc34)cc2c1. The molecule has 0 fully saturated rings. The molecule has 0 aliphatic rings. The Bertz CT molecular complexity index is 2030. The fourth-order valence-electron chi connectivity index (χ4n) is 5.78. The van der Waals surface area contributed by atoms with E-state index in [-0.39, 0.29) is 0 Å². The summed E-state index contributed by atoms with van der Waals surface area (Å²) in [6.07, 6.45) is 5.58. The molecule has 0 aromatic heterocycles. The zero-order valence-electron chi connectivity index (χ0n) is 24.1. The maximum atomic E-state index is 8.41. The van der Waals surface area contributed by atoms with Gasteiger partial charge in [-0.25, -0.2) is 0 Å². The normalized spacial score (nSPS) is 12.1. The first-order valence-electron chi connectivity index (χ1n) is 14.2. The average Bonchev–Trinajstić information content (AvgIpc) is 3.03. The van der Waals surface area contributed by atoms with Gasteiger partial charge in [0.1, 0.15) is 0 Å². The second kappa shape index (κ2) is 11.3. The van der Waals surface area contributed by atoms with Crippen LogP contribution in [0.15, 0.2) is 158 Å². The molecule has 1 N–H and O–H groups in total. The molecule has 0 atom stereocenters. The van der Waals surface area contributed by atoms with Crippen molar-refractivity contribution in [3.05, 3.63) is 163 Å². The molecule has 0 amide bonds. The van der Waals surface area contributed by atoms with Gasteiger partial charge in [-0.2, -0.15) is 0 Å². The lowest BCUT2D eigenvalue weighted by molar-refractivity contribution is 1.43. The number of fused-ring (bicyclic) bond motifs is 3. The highest BCUT2D eigenvalue weighted by molar-refractivity contribution is 6.21. The third-order valence-electron chi connectivity index (χ3n) is 8.00. The Balaban J connectivity index is 1.51. The lowest BCUT2D eigenvalue weighted by atomic mass is 9.85. The maximum absolute atomic E-state index is 8.41. The zero-order valence-corrected chi connectivity index (χ0v) is 24.1. The number of nitrogens with one attached hydrogen (secondary N) is 1. The monoisotopic (exact) mass is 539 g/mol. The van der Waals surface area contributed by atoms with E-state index in [9.17, 15) is 0 Å². The Morgan fingerprint density at radius 3 is 1.74 bits per heavy atom. The predicted octanol–water partition coefficient (Wildman–Crippen LogP) is 11.6. The molecular weight excluding hydrogens is 506 g/mol. The van der Waals surface area contributed by atoms with Crippen molar-refractivity contribution in [1.82, 2.24) is 0 Å². The van der Waals surface area contributed by atoms with E-state index in [1.807, 2.05) is 26.0 Å². The van der Waals surface area contributed by atoms with Gasteiger partial charge in [-0.05, 0) is 115 Å². The summed E-state index contributed by atoms with van der Waals surface area (Å²) in [5.41, 5.74) is 9.17. The van der Waals surface area contributed by atoms with Crippen LogP contribution in [0, 0.1) is 5.41 Å². The summed E-state index contributed by atoms with van der Waals surface area (Å²) in [4.78, 5) is 0. The van der Waals surface area contributed by atoms with E-state index in [4.69, 9.17) is 5.41 Å². The van der Waals surface area contributed by atoms with Gasteiger partial charge in [0.05, 0.1) is 5.71 Å². The van der Waals surface area contributed by atoms with E-state index in [0.29, 0.717) is 5.71 Å². The van der Waals surface area contributed by atoms with Crippen molar-refractivity contribution in [2.45, 2.75) is 13.8 Å². The predicted molar refractivity (Wildman–Crippen MR) is 184 cm³/mol. The quantitative estimate of drug-likeness (QED) is 0.118. The summed E-state index contributed by atoms with van der Waals surface area (Å²) in [6, 6.07) is 41.5. The second-order valence-corrected chi connectivity index (χ2v) is 10.8. The van der Waals surface area contributed by atoms with Crippen molar-refractivity contribution >= 4 is 43.6 Å². The summed E-state index contributed by atoms with van der Waals surface area (Å²) in [5, 5.41) is 15.7. The van der Waals surface area contributed by atoms with Crippen molar-refractivity contribution in [2.75, 3.05) is 0 Å². The van der Waals surface area contributed by atoms with Gasteiger partial charge in [0.15, 0.2) is 0 Å². The van der Waals surface area contributed by atoms with Gasteiger partial charge in [0.2, 0.25) is 0 Å². The molecule has 6 aromatic carbocycles. The van der Waals surface area contributed by atoms with Crippen LogP contribution in [-0.2, 0) is 0 Å². The van der Waals surface area contributed by atoms with Crippen molar-refractivity contribution in [2.24, 2.45) is 0 Å². The minimum atomic E-state index is 0.467. The lowest BCUT2D eigenvalue weighted by Crippen LogP contribution is -1.95. The van der Waals surface area contributed by atoms with Gasteiger partial charge < -0.3 is 5.41 Å². The summed E-state index contributed by atoms with van der Waals surface area (Å²) < 4.78 is 0. The molecule has 0 saturated carbocycles. The Labute approximate surface area is 248 Å². The van der Waals surface area contributed by atoms with E-state index in [1.54, 1.807) is 6.08 Å². The second-order valence-electron chi connectivity index (χ2n) is 10.8. The molecule has 1 heteroatoms. The van der Waals surface area contributed by atoms with E-state index in [1.165, 1.54) is 49.2 Å². The van der Waals surface area contributed by atoms with Gasteiger partial charge in [-0.15, -0.1) is 0 Å². The Kier molecular flexibility index (Phi) is 7.25. The summed E-state index contributed by atoms with van der Waals surface area (Å²) in [5.74, 6) is 0. The van der Waals surface area contributed by atoms with E-state index in [2.05, 4.69) is 128 Å². The van der Waals surface area contributed by atoms with Crippen molar-refractivity contribution in [3.63, 3.8) is 0 Å². The summed E-state index contributed by atoms with van der Waals surface area (Å²) in [6.45, 7) is 12.0. The first-order chi connectivity index (χ1) is 20.4. The van der Waals surface area contributed by atoms with Crippen LogP contribution in [0.4, 0.5) is 0 Å². The molecule has 0 aliphatic carbocycles. The molecule has 0 unspecified atom stereocenters. The Hall–Kier alpha value is -5.27. The molecule has 0 bridgehead atoms. The van der Waals surface area contributed by atoms with Crippen LogP contribution in [0.3, 0.4) is 0 Å². The summed E-state index contributed by atoms with van der Waals surface area (Å²) >= 11 is 0. The van der Waals surface area contributed by atoms with Gasteiger partial charge in [0, 0.05) is 0 Å². The van der Waals surface area contributed by atoms with Gasteiger partial charge in [0.25, 0.3) is 0 Å². The molecule has 1 nitrogen and oxygen atoms in total. The molecule has 0 radical (unpaired) electrons. The molecule has 6 rings (SSSR count). The Morgan fingerprint density at radius 1 is 0.595 bits per heavy atom. The highest BCUT2D eigenvalue weighted by Crippen LogP contribution is 2.44. The first-order valence-corrected chi connectivity index (χ1v) is 14.2. The number of allylic oxidation sites excluding steroid dienone is 6. The highest BCUT2D eigenvalue weighted by atomic mass is 14.4. The van der Waals surface area contributed by atoms with Crippen LogP contribution in [-0.4, -0.2) is 5.71 Å². The minimum Gasteiger partial charge on any atom is -0.301 e. The first kappa shape index (κ1) is 26.9. The smallest absolute Gasteiger partial charge is 0.0571 e. The maximum Gasteiger partial charge on any atom is 0.0571 e. The average molecular weight is 540 g/mol. The lowest BCUT2D eigenvalue weighted by Gasteiger charge is -2.18. The summed E-state index contributed by atoms with van der Waals surface area (Å²) in [7, 11) is 0. The fraction of sp³-hybridized carbons (Fsp3) is 0.0488. The zero-order chi connectivity index (χ0) is 29.2. The molecule has 202 valence electrons. The van der Waals surface area contributed by atoms with E-state index >= 15 is 0 Å². The Morgan fingerprint density at radius 2 is 1.14 bits per heavy atom. The standard InChI is InChI=1S/C41H33N/c1-5-27(2)23-39(42)29(4)24-28(3)32-21-19-30-20-22-33(26-34(30)25-32)41-37-17-11-9-15-35(37)40(31-13-7-6-8-14-31)36-16-10-12-18-38(36)41/h5-26,42H,1,3H2,2,4H3/b27-23-,29-24+,42-39?. The van der Waals surface area contributed by atoms with Crippen molar-refractivity contribution in [3.8, 4) is 22.3 Å². The topological polar surface area (TPSA) is 23.9 Å². The number of hydrogen-bond acceptors (Lipinski definition) is 1.